The summed E-state index contributed by atoms with van der Waals surface area (Å²) in [6, 6.07) is 0.873. The molecule has 0 aromatic carbocycles. The molecule has 0 aromatic rings. The van der Waals surface area contributed by atoms with E-state index >= 15 is 0 Å². The molecule has 1 heterocycles. The van der Waals surface area contributed by atoms with Gasteiger partial charge in [0.1, 0.15) is 0 Å². The van der Waals surface area contributed by atoms with E-state index in [2.05, 4.69) is 4.90 Å². The summed E-state index contributed by atoms with van der Waals surface area (Å²) >= 11 is 0. The molecule has 0 atom stereocenters. The number of piperidine rings is 1. The standard InChI is InChI=1S/C15H30N2O/c16-10-5-13-18-15-8-11-17(12-9-15)14-6-3-1-2-4-7-14/h14-15H,1-13,16H2. The Balaban J connectivity index is 1.65. The van der Waals surface area contributed by atoms with Crippen molar-refractivity contribution in [2.24, 2.45) is 5.73 Å². The minimum absolute atomic E-state index is 0.499. The number of likely N-dealkylation sites (tertiary alicyclic amines) is 1. The molecule has 1 saturated heterocycles. The molecule has 1 saturated carbocycles. The van der Waals surface area contributed by atoms with Crippen LogP contribution in [-0.4, -0.2) is 43.3 Å². The van der Waals surface area contributed by atoms with E-state index in [1.54, 1.807) is 0 Å². The third kappa shape index (κ3) is 4.52. The fourth-order valence-electron chi connectivity index (χ4n) is 3.36. The highest BCUT2D eigenvalue weighted by Gasteiger charge is 2.25. The largest absolute Gasteiger partial charge is 0.378 e. The topological polar surface area (TPSA) is 38.5 Å². The Morgan fingerprint density at radius 1 is 0.944 bits per heavy atom. The summed E-state index contributed by atoms with van der Waals surface area (Å²) in [7, 11) is 0. The molecule has 0 aromatic heterocycles. The van der Waals surface area contributed by atoms with Gasteiger partial charge in [0.15, 0.2) is 0 Å². The monoisotopic (exact) mass is 254 g/mol. The lowest BCUT2D eigenvalue weighted by Gasteiger charge is -2.37. The average Bonchev–Trinajstić information content (AvgIpc) is 2.69. The second kappa shape index (κ2) is 8.13. The Morgan fingerprint density at radius 3 is 2.22 bits per heavy atom. The van der Waals surface area contributed by atoms with Crippen LogP contribution in [-0.2, 0) is 4.74 Å². The Kier molecular flexibility index (Phi) is 6.46. The van der Waals surface area contributed by atoms with Gasteiger partial charge >= 0.3 is 0 Å². The SMILES string of the molecule is NCCCOC1CCN(C2CCCCCC2)CC1. The zero-order valence-corrected chi connectivity index (χ0v) is 11.8. The quantitative estimate of drug-likeness (QED) is 0.605. The molecule has 0 amide bonds. The van der Waals surface area contributed by atoms with E-state index in [0.717, 1.165) is 25.6 Å². The molecule has 0 radical (unpaired) electrons. The molecule has 0 unspecified atom stereocenters. The van der Waals surface area contributed by atoms with E-state index in [9.17, 15) is 0 Å². The third-order valence-electron chi connectivity index (χ3n) is 4.52. The van der Waals surface area contributed by atoms with E-state index < -0.39 is 0 Å². The third-order valence-corrected chi connectivity index (χ3v) is 4.52. The zero-order valence-electron chi connectivity index (χ0n) is 11.8. The van der Waals surface area contributed by atoms with Gasteiger partial charge in [0.05, 0.1) is 6.10 Å². The van der Waals surface area contributed by atoms with Crippen molar-refractivity contribution in [2.45, 2.75) is 69.9 Å². The van der Waals surface area contributed by atoms with Gasteiger partial charge in [-0.15, -0.1) is 0 Å². The van der Waals surface area contributed by atoms with Gasteiger partial charge in [0.25, 0.3) is 0 Å². The van der Waals surface area contributed by atoms with Crippen molar-refractivity contribution in [1.29, 1.82) is 0 Å². The highest BCUT2D eigenvalue weighted by Crippen LogP contribution is 2.25. The summed E-state index contributed by atoms with van der Waals surface area (Å²) in [6.07, 6.45) is 12.6. The molecule has 106 valence electrons. The predicted octanol–water partition coefficient (Wildman–Crippen LogP) is 2.54. The molecule has 0 spiro atoms. The molecule has 18 heavy (non-hydrogen) atoms. The second-order valence-electron chi connectivity index (χ2n) is 5.89. The summed E-state index contributed by atoms with van der Waals surface area (Å²) in [6.45, 7) is 4.10. The summed E-state index contributed by atoms with van der Waals surface area (Å²) in [4.78, 5) is 2.73. The number of nitrogens with two attached hydrogens (primary N) is 1. The molecule has 1 aliphatic carbocycles. The van der Waals surface area contributed by atoms with Gasteiger partial charge in [-0.05, 0) is 38.6 Å². The lowest BCUT2D eigenvalue weighted by molar-refractivity contribution is -0.00372. The van der Waals surface area contributed by atoms with E-state index in [4.69, 9.17) is 10.5 Å². The van der Waals surface area contributed by atoms with E-state index in [-0.39, 0.29) is 0 Å². The van der Waals surface area contributed by atoms with Gasteiger partial charge in [0, 0.05) is 25.7 Å². The van der Waals surface area contributed by atoms with Crippen molar-refractivity contribution in [3.05, 3.63) is 0 Å². The smallest absolute Gasteiger partial charge is 0.0599 e. The second-order valence-corrected chi connectivity index (χ2v) is 5.89. The Bertz CT molecular complexity index is 207. The highest BCUT2D eigenvalue weighted by molar-refractivity contribution is 4.80. The Morgan fingerprint density at radius 2 is 1.61 bits per heavy atom. The first-order valence-corrected chi connectivity index (χ1v) is 7.96. The molecule has 0 bridgehead atoms. The van der Waals surface area contributed by atoms with Crippen LogP contribution in [0.25, 0.3) is 0 Å². The number of hydrogen-bond donors (Lipinski definition) is 1. The van der Waals surface area contributed by atoms with Gasteiger partial charge < -0.3 is 15.4 Å². The van der Waals surface area contributed by atoms with Crippen molar-refractivity contribution in [3.8, 4) is 0 Å². The molecule has 2 fully saturated rings. The summed E-state index contributed by atoms with van der Waals surface area (Å²) in [5, 5.41) is 0. The summed E-state index contributed by atoms with van der Waals surface area (Å²) in [5.41, 5.74) is 5.49. The van der Waals surface area contributed by atoms with Gasteiger partial charge in [-0.1, -0.05) is 25.7 Å². The number of ether oxygens (including phenoxy) is 1. The molecule has 2 aliphatic rings. The number of nitrogens with zero attached hydrogens (tertiary/aromatic N) is 1. The Hall–Kier alpha value is -0.120. The van der Waals surface area contributed by atoms with Crippen LogP contribution < -0.4 is 5.73 Å². The van der Waals surface area contributed by atoms with Crippen LogP contribution in [0.15, 0.2) is 0 Å². The fraction of sp³-hybridized carbons (Fsp3) is 1.00. The van der Waals surface area contributed by atoms with Crippen LogP contribution in [0.1, 0.15) is 57.8 Å². The van der Waals surface area contributed by atoms with Gasteiger partial charge in [0.2, 0.25) is 0 Å². The van der Waals surface area contributed by atoms with Crippen LogP contribution in [0.2, 0.25) is 0 Å². The van der Waals surface area contributed by atoms with Gasteiger partial charge in [-0.2, -0.15) is 0 Å². The zero-order chi connectivity index (χ0) is 12.6. The van der Waals surface area contributed by atoms with Crippen LogP contribution in [0.4, 0.5) is 0 Å². The van der Waals surface area contributed by atoms with Crippen molar-refractivity contribution in [2.75, 3.05) is 26.2 Å². The molecule has 3 heteroatoms. The van der Waals surface area contributed by atoms with Crippen molar-refractivity contribution in [1.82, 2.24) is 4.90 Å². The van der Waals surface area contributed by atoms with Gasteiger partial charge in [-0.3, -0.25) is 0 Å². The molecule has 2 rings (SSSR count). The first kappa shape index (κ1) is 14.3. The molecule has 3 nitrogen and oxygen atoms in total. The van der Waals surface area contributed by atoms with Crippen LogP contribution in [0.5, 0.6) is 0 Å². The lowest BCUT2D eigenvalue weighted by Crippen LogP contribution is -2.43. The van der Waals surface area contributed by atoms with Crippen molar-refractivity contribution < 1.29 is 4.74 Å². The fourth-order valence-corrected chi connectivity index (χ4v) is 3.36. The molecule has 2 N–H and O–H groups in total. The molecule has 1 aliphatic heterocycles. The minimum Gasteiger partial charge on any atom is -0.378 e. The Labute approximate surface area is 112 Å². The van der Waals surface area contributed by atoms with Crippen molar-refractivity contribution >= 4 is 0 Å². The minimum atomic E-state index is 0.499. The maximum Gasteiger partial charge on any atom is 0.0599 e. The molecular formula is C15H30N2O. The van der Waals surface area contributed by atoms with E-state index in [0.29, 0.717) is 6.10 Å². The molecular weight excluding hydrogens is 224 g/mol. The first-order chi connectivity index (χ1) is 8.90. The number of hydrogen-bond acceptors (Lipinski definition) is 3. The highest BCUT2D eigenvalue weighted by atomic mass is 16.5. The van der Waals surface area contributed by atoms with Crippen LogP contribution in [0.3, 0.4) is 0 Å². The number of rotatable bonds is 5. The normalized spacial score (nSPS) is 25.2. The summed E-state index contributed by atoms with van der Waals surface area (Å²) in [5.74, 6) is 0. The first-order valence-electron chi connectivity index (χ1n) is 7.96. The summed E-state index contributed by atoms with van der Waals surface area (Å²) < 4.78 is 5.88. The van der Waals surface area contributed by atoms with Crippen LogP contribution >= 0.6 is 0 Å². The van der Waals surface area contributed by atoms with E-state index in [1.807, 2.05) is 0 Å². The average molecular weight is 254 g/mol. The van der Waals surface area contributed by atoms with E-state index in [1.165, 1.54) is 64.5 Å². The van der Waals surface area contributed by atoms with Crippen LogP contribution in [0, 0.1) is 0 Å². The van der Waals surface area contributed by atoms with Crippen molar-refractivity contribution in [3.63, 3.8) is 0 Å². The lowest BCUT2D eigenvalue weighted by atomic mass is 10.0. The maximum absolute atomic E-state index is 5.88. The van der Waals surface area contributed by atoms with Gasteiger partial charge in [-0.25, -0.2) is 0 Å². The predicted molar refractivity (Wildman–Crippen MR) is 75.7 cm³/mol. The maximum atomic E-state index is 5.88.